The second kappa shape index (κ2) is 4.57. The topological polar surface area (TPSA) is 75.4 Å². The molecule has 1 aliphatic heterocycles. The van der Waals surface area contributed by atoms with Crippen LogP contribution in [-0.2, 0) is 16.1 Å². The summed E-state index contributed by atoms with van der Waals surface area (Å²) in [6.45, 7) is 3.85. The van der Waals surface area contributed by atoms with Crippen molar-refractivity contribution < 1.29 is 14.1 Å². The Kier molecular flexibility index (Phi) is 3.12. The van der Waals surface area contributed by atoms with Crippen LogP contribution in [0, 0.1) is 0 Å². The van der Waals surface area contributed by atoms with Gasteiger partial charge in [-0.25, -0.2) is 0 Å². The minimum absolute atomic E-state index is 0.0731. The van der Waals surface area contributed by atoms with Gasteiger partial charge in [0.25, 0.3) is 0 Å². The van der Waals surface area contributed by atoms with Gasteiger partial charge >= 0.3 is 0 Å². The molecule has 17 heavy (non-hydrogen) atoms. The summed E-state index contributed by atoms with van der Waals surface area (Å²) in [5.74, 6) is 0.377. The molecule has 0 spiro atoms. The van der Waals surface area contributed by atoms with E-state index < -0.39 is 12.1 Å². The van der Waals surface area contributed by atoms with Gasteiger partial charge in [0.2, 0.25) is 11.8 Å². The lowest BCUT2D eigenvalue weighted by atomic mass is 10.1. The molecule has 0 aromatic carbocycles. The standard InChI is InChI=1S/C11H15N3O3/c1-3-9-11(16)14(7(2)10(15)13-9)6-8-4-5-12-17-8/h4-5,7,9H,3,6H2,1-2H3,(H,13,15). The van der Waals surface area contributed by atoms with Crippen molar-refractivity contribution in [2.45, 2.75) is 38.9 Å². The maximum atomic E-state index is 12.1. The number of piperazine rings is 1. The van der Waals surface area contributed by atoms with Crippen LogP contribution in [0.2, 0.25) is 0 Å². The van der Waals surface area contributed by atoms with Gasteiger partial charge in [0.1, 0.15) is 12.1 Å². The average molecular weight is 237 g/mol. The molecule has 1 aromatic rings. The fourth-order valence-electron chi connectivity index (χ4n) is 1.87. The molecular weight excluding hydrogens is 222 g/mol. The Hall–Kier alpha value is -1.85. The van der Waals surface area contributed by atoms with E-state index in [4.69, 9.17) is 4.52 Å². The molecule has 1 N–H and O–H groups in total. The molecule has 0 saturated carbocycles. The Morgan fingerprint density at radius 2 is 2.29 bits per heavy atom. The highest BCUT2D eigenvalue weighted by Crippen LogP contribution is 2.15. The third kappa shape index (κ3) is 2.15. The minimum atomic E-state index is -0.476. The summed E-state index contributed by atoms with van der Waals surface area (Å²) in [5, 5.41) is 6.28. The molecule has 0 bridgehead atoms. The van der Waals surface area contributed by atoms with E-state index in [1.54, 1.807) is 13.0 Å². The number of rotatable bonds is 3. The molecule has 2 amide bonds. The molecule has 2 unspecified atom stereocenters. The summed E-state index contributed by atoms with van der Waals surface area (Å²) in [4.78, 5) is 25.3. The smallest absolute Gasteiger partial charge is 0.246 e. The van der Waals surface area contributed by atoms with Crippen LogP contribution < -0.4 is 5.32 Å². The Labute approximate surface area is 98.9 Å². The van der Waals surface area contributed by atoms with Crippen LogP contribution in [0.5, 0.6) is 0 Å². The van der Waals surface area contributed by atoms with Crippen LogP contribution in [0.4, 0.5) is 0 Å². The predicted molar refractivity (Wildman–Crippen MR) is 58.7 cm³/mol. The molecule has 6 nitrogen and oxygen atoms in total. The van der Waals surface area contributed by atoms with Crippen molar-refractivity contribution in [2.75, 3.05) is 0 Å². The zero-order valence-electron chi connectivity index (χ0n) is 9.84. The highest BCUT2D eigenvalue weighted by molar-refractivity contribution is 5.96. The summed E-state index contributed by atoms with van der Waals surface area (Å²) < 4.78 is 4.96. The number of hydrogen-bond donors (Lipinski definition) is 1. The Bertz CT molecular complexity index is 416. The molecule has 2 heterocycles. The molecule has 0 aliphatic carbocycles. The maximum absolute atomic E-state index is 12.1. The lowest BCUT2D eigenvalue weighted by molar-refractivity contribution is -0.149. The zero-order valence-corrected chi connectivity index (χ0v) is 9.84. The first-order valence-electron chi connectivity index (χ1n) is 5.64. The Morgan fingerprint density at radius 1 is 1.53 bits per heavy atom. The number of nitrogens with one attached hydrogen (secondary N) is 1. The van der Waals surface area contributed by atoms with Crippen LogP contribution in [0.1, 0.15) is 26.0 Å². The van der Waals surface area contributed by atoms with E-state index in [1.807, 2.05) is 6.92 Å². The molecule has 1 aliphatic rings. The van der Waals surface area contributed by atoms with Crippen LogP contribution in [0.3, 0.4) is 0 Å². The lowest BCUT2D eigenvalue weighted by Crippen LogP contribution is -2.61. The Morgan fingerprint density at radius 3 is 2.88 bits per heavy atom. The van der Waals surface area contributed by atoms with Crippen LogP contribution in [0.25, 0.3) is 0 Å². The quantitative estimate of drug-likeness (QED) is 0.820. The van der Waals surface area contributed by atoms with Gasteiger partial charge in [0.05, 0.1) is 12.7 Å². The van der Waals surface area contributed by atoms with Crippen molar-refractivity contribution in [3.8, 4) is 0 Å². The van der Waals surface area contributed by atoms with Gasteiger partial charge in [0, 0.05) is 6.07 Å². The third-order valence-corrected chi connectivity index (χ3v) is 2.97. The molecule has 2 atom stereocenters. The van der Waals surface area contributed by atoms with Gasteiger partial charge in [0.15, 0.2) is 5.76 Å². The van der Waals surface area contributed by atoms with Gasteiger partial charge in [-0.15, -0.1) is 0 Å². The van der Waals surface area contributed by atoms with Gasteiger partial charge in [-0.2, -0.15) is 0 Å². The second-order valence-electron chi connectivity index (χ2n) is 4.09. The normalized spacial score (nSPS) is 24.9. The fourth-order valence-corrected chi connectivity index (χ4v) is 1.87. The SMILES string of the molecule is CCC1NC(=O)C(C)N(Cc2ccno2)C1=O. The van der Waals surface area contributed by atoms with E-state index in [9.17, 15) is 9.59 Å². The van der Waals surface area contributed by atoms with Crippen molar-refractivity contribution in [3.05, 3.63) is 18.0 Å². The minimum Gasteiger partial charge on any atom is -0.360 e. The first-order valence-corrected chi connectivity index (χ1v) is 5.64. The summed E-state index contributed by atoms with van der Waals surface area (Å²) >= 11 is 0. The van der Waals surface area contributed by atoms with Crippen molar-refractivity contribution in [1.29, 1.82) is 0 Å². The predicted octanol–water partition coefficient (Wildman–Crippen LogP) is 0.300. The molecule has 6 heteroatoms. The van der Waals surface area contributed by atoms with Crippen LogP contribution >= 0.6 is 0 Å². The van der Waals surface area contributed by atoms with Crippen molar-refractivity contribution in [2.24, 2.45) is 0 Å². The van der Waals surface area contributed by atoms with Gasteiger partial charge in [-0.1, -0.05) is 12.1 Å². The zero-order chi connectivity index (χ0) is 12.4. The first kappa shape index (κ1) is 11.6. The van der Waals surface area contributed by atoms with Crippen molar-refractivity contribution in [3.63, 3.8) is 0 Å². The number of amides is 2. The number of aromatic nitrogens is 1. The van der Waals surface area contributed by atoms with Crippen LogP contribution in [-0.4, -0.2) is 34.0 Å². The van der Waals surface area contributed by atoms with Crippen molar-refractivity contribution in [1.82, 2.24) is 15.4 Å². The summed E-state index contributed by atoms with van der Waals surface area (Å²) in [6, 6.07) is 0.782. The fraction of sp³-hybridized carbons (Fsp3) is 0.545. The highest BCUT2D eigenvalue weighted by atomic mass is 16.5. The molecule has 2 rings (SSSR count). The van der Waals surface area contributed by atoms with Gasteiger partial charge in [-0.05, 0) is 13.3 Å². The largest absolute Gasteiger partial charge is 0.360 e. The Balaban J connectivity index is 2.17. The van der Waals surface area contributed by atoms with Gasteiger partial charge in [-0.3, -0.25) is 9.59 Å². The maximum Gasteiger partial charge on any atom is 0.246 e. The van der Waals surface area contributed by atoms with E-state index in [1.165, 1.54) is 11.1 Å². The number of nitrogens with zero attached hydrogens (tertiary/aromatic N) is 2. The monoisotopic (exact) mass is 237 g/mol. The summed E-state index contributed by atoms with van der Waals surface area (Å²) in [7, 11) is 0. The van der Waals surface area contributed by atoms with Crippen LogP contribution in [0.15, 0.2) is 16.8 Å². The number of carbonyl (C=O) groups is 2. The second-order valence-corrected chi connectivity index (χ2v) is 4.09. The summed E-state index contributed by atoms with van der Waals surface area (Å²) in [5.41, 5.74) is 0. The molecule has 0 radical (unpaired) electrons. The van der Waals surface area contributed by atoms with E-state index in [0.717, 1.165) is 0 Å². The third-order valence-electron chi connectivity index (χ3n) is 2.97. The van der Waals surface area contributed by atoms with E-state index >= 15 is 0 Å². The molecule has 1 fully saturated rings. The first-order chi connectivity index (χ1) is 8.13. The number of hydrogen-bond acceptors (Lipinski definition) is 4. The van der Waals surface area contributed by atoms with Gasteiger partial charge < -0.3 is 14.7 Å². The lowest BCUT2D eigenvalue weighted by Gasteiger charge is -2.36. The van der Waals surface area contributed by atoms with Crippen molar-refractivity contribution >= 4 is 11.8 Å². The molecule has 1 aromatic heterocycles. The number of carbonyl (C=O) groups excluding carboxylic acids is 2. The molecule has 1 saturated heterocycles. The van der Waals surface area contributed by atoms with E-state index in [2.05, 4.69) is 10.5 Å². The molecule has 92 valence electrons. The highest BCUT2D eigenvalue weighted by Gasteiger charge is 2.37. The molecular formula is C11H15N3O3. The average Bonchev–Trinajstić information content (AvgIpc) is 2.82. The van der Waals surface area contributed by atoms with E-state index in [-0.39, 0.29) is 18.4 Å². The van der Waals surface area contributed by atoms with E-state index in [0.29, 0.717) is 12.2 Å². The summed E-state index contributed by atoms with van der Waals surface area (Å²) in [6.07, 6.45) is 2.11.